The topological polar surface area (TPSA) is 187 Å². The zero-order valence-electron chi connectivity index (χ0n) is 20.0. The van der Waals surface area contributed by atoms with Crippen molar-refractivity contribution in [2.75, 3.05) is 47.8 Å². The number of hydrogen-bond acceptors (Lipinski definition) is 12. The molecule has 0 bridgehead atoms. The minimum atomic E-state index is -0.866. The fourth-order valence-electron chi connectivity index (χ4n) is 3.42. The number of aromatic amines is 1. The highest BCUT2D eigenvalue weighted by molar-refractivity contribution is 7.71. The molecule has 3 aromatic rings. The van der Waals surface area contributed by atoms with Gasteiger partial charge in [0.15, 0.2) is 10.3 Å². The number of nitrogens with one attached hydrogen (secondary N) is 3. The smallest absolute Gasteiger partial charge is 0.267 e. The Morgan fingerprint density at radius 2 is 1.79 bits per heavy atom. The number of aromatic nitrogens is 4. The lowest BCUT2D eigenvalue weighted by atomic mass is 10.1. The van der Waals surface area contributed by atoms with Gasteiger partial charge in [0.05, 0.1) is 42.1 Å². The summed E-state index contributed by atoms with van der Waals surface area (Å²) in [6.07, 6.45) is 1.76. The average molecular weight is 582 g/mol. The van der Waals surface area contributed by atoms with E-state index in [4.69, 9.17) is 41.2 Å². The zero-order chi connectivity index (χ0) is 27.5. The molecule has 1 atom stereocenters. The molecule has 1 amide bonds. The molecule has 2 heterocycles. The van der Waals surface area contributed by atoms with E-state index in [1.807, 2.05) is 0 Å². The molecule has 0 radical (unpaired) electrons. The van der Waals surface area contributed by atoms with Gasteiger partial charge >= 0.3 is 0 Å². The molecule has 1 unspecified atom stereocenters. The Morgan fingerprint density at radius 3 is 2.45 bits per heavy atom. The Labute approximate surface area is 232 Å². The van der Waals surface area contributed by atoms with E-state index in [9.17, 15) is 14.6 Å². The quantitative estimate of drug-likeness (QED) is 0.0890. The second kappa shape index (κ2) is 14.3. The van der Waals surface area contributed by atoms with Gasteiger partial charge in [-0.1, -0.05) is 12.2 Å². The first kappa shape index (κ1) is 28.9. The molecule has 2 aromatic heterocycles. The van der Waals surface area contributed by atoms with E-state index < -0.39 is 11.9 Å². The number of carbonyl (C=O) groups is 1. The molecule has 0 saturated carbocycles. The third kappa shape index (κ3) is 7.90. The van der Waals surface area contributed by atoms with Gasteiger partial charge in [0.2, 0.25) is 5.95 Å². The van der Waals surface area contributed by atoms with Gasteiger partial charge in [-0.3, -0.25) is 9.80 Å². The van der Waals surface area contributed by atoms with Crippen LogP contribution in [0.1, 0.15) is 12.1 Å². The molecular weight excluding hydrogens is 557 g/mol. The van der Waals surface area contributed by atoms with Gasteiger partial charge in [-0.15, -0.1) is 33.0 Å². The van der Waals surface area contributed by atoms with E-state index >= 15 is 0 Å². The summed E-state index contributed by atoms with van der Waals surface area (Å²) < 4.78 is 0.259. The number of alkyl halides is 2. The maximum absolute atomic E-state index is 12.9. The number of fused-ring (bicyclic) bond motifs is 1. The molecule has 14 nitrogen and oxygen atoms in total. The van der Waals surface area contributed by atoms with Crippen molar-refractivity contribution in [2.45, 2.75) is 19.0 Å². The van der Waals surface area contributed by atoms with Crippen molar-refractivity contribution in [3.63, 3.8) is 0 Å². The third-order valence-corrected chi connectivity index (χ3v) is 5.90. The Hall–Kier alpha value is -3.69. The Morgan fingerprint density at radius 1 is 1.08 bits per heavy atom. The normalized spacial score (nSPS) is 11.5. The van der Waals surface area contributed by atoms with Crippen LogP contribution in [0.4, 0.5) is 17.3 Å². The largest absolute Gasteiger partial charge is 0.379 e. The lowest BCUT2D eigenvalue weighted by molar-refractivity contribution is -0.132. The van der Waals surface area contributed by atoms with Gasteiger partial charge in [0.25, 0.3) is 5.91 Å². The van der Waals surface area contributed by atoms with Crippen molar-refractivity contribution in [2.24, 2.45) is 10.6 Å². The molecule has 0 fully saturated rings. The molecule has 202 valence electrons. The molecule has 0 aliphatic heterocycles. The molecule has 38 heavy (non-hydrogen) atoms. The van der Waals surface area contributed by atoms with Gasteiger partial charge in [0, 0.05) is 29.7 Å². The van der Waals surface area contributed by atoms with Gasteiger partial charge in [-0.25, -0.2) is 15.0 Å². The van der Waals surface area contributed by atoms with Crippen LogP contribution in [0.25, 0.3) is 11.2 Å². The number of hydrogen-bond donors (Lipinski definition) is 4. The van der Waals surface area contributed by atoms with Crippen molar-refractivity contribution < 1.29 is 4.79 Å². The number of halogens is 2. The minimum absolute atomic E-state index is 0.0387. The first-order valence-electron chi connectivity index (χ1n) is 11.3. The summed E-state index contributed by atoms with van der Waals surface area (Å²) >= 11 is 16.6. The molecule has 0 saturated heterocycles. The van der Waals surface area contributed by atoms with Crippen LogP contribution in [0.2, 0.25) is 0 Å². The lowest BCUT2D eigenvalue weighted by Crippen LogP contribution is -2.42. The van der Waals surface area contributed by atoms with Crippen LogP contribution in [-0.4, -0.2) is 73.3 Å². The molecule has 0 aliphatic carbocycles. The molecule has 1 aromatic carbocycles. The van der Waals surface area contributed by atoms with Gasteiger partial charge in [-0.05, 0) is 30.7 Å². The summed E-state index contributed by atoms with van der Waals surface area (Å²) in [5.41, 5.74) is 8.58. The van der Waals surface area contributed by atoms with Crippen molar-refractivity contribution in [3.05, 3.63) is 50.6 Å². The monoisotopic (exact) mass is 581 g/mol. The molecule has 5 N–H and O–H groups in total. The first-order chi connectivity index (χ1) is 18.4. The van der Waals surface area contributed by atoms with E-state index in [1.54, 1.807) is 30.5 Å². The van der Waals surface area contributed by atoms with Crippen LogP contribution >= 0.6 is 35.4 Å². The number of nitrogens with zero attached hydrogens (tertiary/aromatic N) is 7. The second-order valence-electron chi connectivity index (χ2n) is 7.86. The van der Waals surface area contributed by atoms with Crippen LogP contribution in [-0.2, 0) is 11.3 Å². The van der Waals surface area contributed by atoms with Gasteiger partial charge in [0.1, 0.15) is 11.6 Å². The number of nitrogens with two attached hydrogens (primary N) is 1. The predicted molar refractivity (Wildman–Crippen MR) is 149 cm³/mol. The van der Waals surface area contributed by atoms with Crippen LogP contribution < -0.4 is 16.4 Å². The van der Waals surface area contributed by atoms with Crippen molar-refractivity contribution in [3.8, 4) is 0 Å². The third-order valence-electron chi connectivity index (χ3n) is 5.27. The second-order valence-corrected chi connectivity index (χ2v) is 9.00. The van der Waals surface area contributed by atoms with Gasteiger partial charge in [-0.2, -0.15) is 5.01 Å². The fourth-order valence-corrected chi connectivity index (χ4v) is 4.01. The predicted octanol–water partition coefficient (Wildman–Crippen LogP) is 3.42. The fraction of sp³-hybridized carbons (Fsp3) is 0.381. The maximum Gasteiger partial charge on any atom is 0.267 e. The molecule has 3 rings (SSSR count). The molecule has 0 spiro atoms. The highest BCUT2D eigenvalue weighted by Crippen LogP contribution is 2.18. The number of benzene rings is 1. The highest BCUT2D eigenvalue weighted by atomic mass is 35.5. The van der Waals surface area contributed by atoms with Crippen molar-refractivity contribution in [1.29, 1.82) is 0 Å². The van der Waals surface area contributed by atoms with E-state index in [1.165, 1.54) is 5.01 Å². The standard InChI is InChI=1S/C21H25Cl2N11O3S/c22-6-9-33(31-36)8-5-16(20(35)34(32-37)10-7-23)27-14-3-1-13(2-4-14)25-11-15-12-26-18-17(28-15)19(38)30-21(24)29-18/h1-4,12,16,25,27H,5-11H2,(H3,24,26,29,30,38). The Bertz CT molecular complexity index is 1310. The highest BCUT2D eigenvalue weighted by Gasteiger charge is 2.26. The summed E-state index contributed by atoms with van der Waals surface area (Å²) in [4.78, 5) is 50.7. The van der Waals surface area contributed by atoms with Crippen LogP contribution in [0, 0.1) is 14.5 Å². The van der Waals surface area contributed by atoms with Gasteiger partial charge < -0.3 is 21.4 Å². The molecular formula is C21H25Cl2N11O3S. The molecule has 0 aliphatic rings. The Balaban J connectivity index is 1.67. The number of nitroso groups, excluding NO2 is 2. The van der Waals surface area contributed by atoms with E-state index in [0.717, 1.165) is 10.7 Å². The maximum atomic E-state index is 12.9. The number of amides is 1. The zero-order valence-corrected chi connectivity index (χ0v) is 22.3. The van der Waals surface area contributed by atoms with E-state index in [0.29, 0.717) is 29.1 Å². The van der Waals surface area contributed by atoms with E-state index in [-0.39, 0.29) is 48.4 Å². The average Bonchev–Trinajstić information content (AvgIpc) is 2.92. The Kier molecular flexibility index (Phi) is 10.9. The van der Waals surface area contributed by atoms with Crippen LogP contribution in [0.3, 0.4) is 0 Å². The van der Waals surface area contributed by atoms with E-state index in [2.05, 4.69) is 41.1 Å². The first-order valence-corrected chi connectivity index (χ1v) is 12.8. The van der Waals surface area contributed by atoms with Crippen LogP contribution in [0.15, 0.2) is 41.0 Å². The number of rotatable bonds is 15. The summed E-state index contributed by atoms with van der Waals surface area (Å²) in [5.74, 6) is -0.174. The number of anilines is 3. The summed E-state index contributed by atoms with van der Waals surface area (Å²) in [5, 5.41) is 14.0. The SMILES string of the molecule is Nc1nc(=S)c2nc(CNc3ccc(NC(CCN(CCCl)N=O)C(=O)N(CCCl)N=O)cc3)cnc2[nH]1. The minimum Gasteiger partial charge on any atom is -0.379 e. The number of nitrogen functional groups attached to an aromatic ring is 1. The summed E-state index contributed by atoms with van der Waals surface area (Å²) in [7, 11) is 0. The summed E-state index contributed by atoms with van der Waals surface area (Å²) in [6, 6.07) is 6.25. The number of H-pyrrole nitrogens is 1. The lowest BCUT2D eigenvalue weighted by Gasteiger charge is -2.24. The molecule has 17 heteroatoms. The van der Waals surface area contributed by atoms with Crippen molar-refractivity contribution in [1.82, 2.24) is 30.0 Å². The van der Waals surface area contributed by atoms with Crippen molar-refractivity contribution >= 4 is 69.8 Å². The number of carbonyl (C=O) groups excluding carboxylic acids is 1. The van der Waals surface area contributed by atoms with Crippen LogP contribution in [0.5, 0.6) is 0 Å². The summed E-state index contributed by atoms with van der Waals surface area (Å²) in [6.45, 7) is 0.686.